The van der Waals surface area contributed by atoms with Gasteiger partial charge in [-0.3, -0.25) is 9.80 Å². The van der Waals surface area contributed by atoms with Crippen LogP contribution in [0, 0.1) is 11.7 Å². The fourth-order valence-corrected chi connectivity index (χ4v) is 3.04. The van der Waals surface area contributed by atoms with Gasteiger partial charge in [0.2, 0.25) is 0 Å². The Morgan fingerprint density at radius 2 is 2.00 bits per heavy atom. The summed E-state index contributed by atoms with van der Waals surface area (Å²) in [7, 11) is 1.69. The summed E-state index contributed by atoms with van der Waals surface area (Å²) < 4.78 is 14.9. The van der Waals surface area contributed by atoms with E-state index >= 15 is 0 Å². The molecule has 132 valence electrons. The molecule has 0 atom stereocenters. The molecule has 8 nitrogen and oxygen atoms in total. The molecule has 0 aliphatic carbocycles. The van der Waals surface area contributed by atoms with E-state index in [4.69, 9.17) is 21.5 Å². The number of hydrogen-bond acceptors (Lipinski definition) is 7. The number of aryl methyl sites for hydroxylation is 1. The van der Waals surface area contributed by atoms with Crippen molar-refractivity contribution in [1.29, 1.82) is 0 Å². The topological polar surface area (TPSA) is 64.5 Å². The molecular formula is C15H24N6O2S. The van der Waals surface area contributed by atoms with Crippen LogP contribution in [0.5, 0.6) is 0 Å². The van der Waals surface area contributed by atoms with Crippen molar-refractivity contribution in [3.05, 3.63) is 28.6 Å². The number of methoxy groups -OCH3 is 1. The second kappa shape index (κ2) is 8.02. The van der Waals surface area contributed by atoms with Crippen molar-refractivity contribution in [1.82, 2.24) is 29.3 Å². The largest absolute Gasteiger partial charge is 0.383 e. The molecule has 0 bridgehead atoms. The lowest BCUT2D eigenvalue weighted by Gasteiger charge is -2.33. The molecule has 1 aliphatic heterocycles. The second-order valence-electron chi connectivity index (χ2n) is 6.07. The maximum absolute atomic E-state index is 5.47. The summed E-state index contributed by atoms with van der Waals surface area (Å²) in [5.41, 5.74) is 0.932. The highest BCUT2D eigenvalue weighted by molar-refractivity contribution is 7.71. The average molecular weight is 352 g/mol. The maximum Gasteiger partial charge on any atom is 0.198 e. The Labute approximate surface area is 146 Å². The van der Waals surface area contributed by atoms with E-state index in [2.05, 4.69) is 20.1 Å². The maximum atomic E-state index is 5.47. The fraction of sp³-hybridized carbons (Fsp3) is 0.667. The first kappa shape index (κ1) is 17.3. The zero-order valence-electron chi connectivity index (χ0n) is 14.2. The summed E-state index contributed by atoms with van der Waals surface area (Å²) in [5, 5.41) is 8.33. The van der Waals surface area contributed by atoms with Crippen molar-refractivity contribution in [2.24, 2.45) is 0 Å². The van der Waals surface area contributed by atoms with E-state index < -0.39 is 0 Å². The first-order chi connectivity index (χ1) is 11.7. The Balaban J connectivity index is 1.48. The van der Waals surface area contributed by atoms with Crippen molar-refractivity contribution in [3.8, 4) is 0 Å². The number of hydrogen-bond donors (Lipinski definition) is 0. The SMILES string of the molecule is COCCn1cnn(CN2CCN(Cc3cc(C)no3)CC2)c1=S. The van der Waals surface area contributed by atoms with E-state index in [-0.39, 0.29) is 0 Å². The van der Waals surface area contributed by atoms with E-state index in [0.717, 1.165) is 62.2 Å². The highest BCUT2D eigenvalue weighted by Gasteiger charge is 2.19. The van der Waals surface area contributed by atoms with Gasteiger partial charge in [0, 0.05) is 45.9 Å². The van der Waals surface area contributed by atoms with Crippen molar-refractivity contribution in [2.45, 2.75) is 26.7 Å². The van der Waals surface area contributed by atoms with Crippen LogP contribution in [0.1, 0.15) is 11.5 Å². The van der Waals surface area contributed by atoms with Gasteiger partial charge in [-0.1, -0.05) is 5.16 Å². The van der Waals surface area contributed by atoms with Crippen LogP contribution < -0.4 is 0 Å². The summed E-state index contributed by atoms with van der Waals surface area (Å²) in [5.74, 6) is 0.931. The van der Waals surface area contributed by atoms with Crippen LogP contribution in [0.3, 0.4) is 0 Å². The van der Waals surface area contributed by atoms with Gasteiger partial charge in [-0.2, -0.15) is 5.10 Å². The molecule has 3 heterocycles. The van der Waals surface area contributed by atoms with Crippen molar-refractivity contribution >= 4 is 12.2 Å². The molecule has 1 fully saturated rings. The Hall–Kier alpha value is -1.55. The predicted molar refractivity (Wildman–Crippen MR) is 91.0 cm³/mol. The molecule has 2 aromatic heterocycles. The number of piperazine rings is 1. The van der Waals surface area contributed by atoms with Crippen molar-refractivity contribution < 1.29 is 9.26 Å². The molecule has 1 saturated heterocycles. The van der Waals surface area contributed by atoms with Gasteiger partial charge in [0.05, 0.1) is 25.5 Å². The van der Waals surface area contributed by atoms with Gasteiger partial charge in [-0.15, -0.1) is 0 Å². The molecule has 1 aliphatic rings. The zero-order valence-corrected chi connectivity index (χ0v) is 15.0. The predicted octanol–water partition coefficient (Wildman–Crippen LogP) is 1.13. The lowest BCUT2D eigenvalue weighted by atomic mass is 10.3. The standard InChI is InChI=1S/C15H24N6O2S/c1-13-9-14(23-17-13)10-18-3-5-19(6-4-18)12-21-15(24)20(11-16-21)7-8-22-2/h9,11H,3-8,10,12H2,1-2H3. The van der Waals surface area contributed by atoms with Gasteiger partial charge in [-0.25, -0.2) is 4.68 Å². The third kappa shape index (κ3) is 4.29. The first-order valence-corrected chi connectivity index (χ1v) is 8.54. The molecule has 3 rings (SSSR count). The highest BCUT2D eigenvalue weighted by atomic mass is 32.1. The summed E-state index contributed by atoms with van der Waals surface area (Å²) in [6.07, 6.45) is 1.78. The van der Waals surface area contributed by atoms with Crippen molar-refractivity contribution in [3.63, 3.8) is 0 Å². The molecule has 0 radical (unpaired) electrons. The molecule has 0 amide bonds. The van der Waals surface area contributed by atoms with Crippen LogP contribution in [0.4, 0.5) is 0 Å². The smallest absolute Gasteiger partial charge is 0.198 e. The van der Waals surface area contributed by atoms with E-state index in [1.54, 1.807) is 13.4 Å². The van der Waals surface area contributed by atoms with Crippen LogP contribution in [0.15, 0.2) is 16.9 Å². The van der Waals surface area contributed by atoms with E-state index in [9.17, 15) is 0 Å². The summed E-state index contributed by atoms with van der Waals surface area (Å²) in [6.45, 7) is 8.84. The monoisotopic (exact) mass is 352 g/mol. The number of ether oxygens (including phenoxy) is 1. The van der Waals surface area contributed by atoms with Gasteiger partial charge in [-0.05, 0) is 19.1 Å². The minimum absolute atomic E-state index is 0.639. The molecule has 0 spiro atoms. The molecule has 0 N–H and O–H groups in total. The Morgan fingerprint density at radius 1 is 1.25 bits per heavy atom. The third-order valence-corrected chi connectivity index (χ3v) is 4.63. The quantitative estimate of drug-likeness (QED) is 0.692. The van der Waals surface area contributed by atoms with Crippen LogP contribution in [0.25, 0.3) is 0 Å². The Bertz CT molecular complexity index is 701. The molecule has 2 aromatic rings. The third-order valence-electron chi connectivity index (χ3n) is 4.19. The molecule has 0 saturated carbocycles. The highest BCUT2D eigenvalue weighted by Crippen LogP contribution is 2.10. The Morgan fingerprint density at radius 3 is 2.67 bits per heavy atom. The normalized spacial score (nSPS) is 16.8. The molecule has 24 heavy (non-hydrogen) atoms. The van der Waals surface area contributed by atoms with Crippen molar-refractivity contribution in [2.75, 3.05) is 39.9 Å². The molecule has 0 unspecified atom stereocenters. The molecule has 9 heteroatoms. The zero-order chi connectivity index (χ0) is 16.9. The van der Waals surface area contributed by atoms with Crippen LogP contribution >= 0.6 is 12.2 Å². The summed E-state index contributed by atoms with van der Waals surface area (Å²) in [6, 6.07) is 2.00. The van der Waals surface area contributed by atoms with Gasteiger partial charge >= 0.3 is 0 Å². The lowest BCUT2D eigenvalue weighted by molar-refractivity contribution is 0.0918. The van der Waals surface area contributed by atoms with Crippen LogP contribution in [0.2, 0.25) is 0 Å². The minimum atomic E-state index is 0.639. The first-order valence-electron chi connectivity index (χ1n) is 8.14. The number of aromatic nitrogens is 4. The van der Waals surface area contributed by atoms with Crippen LogP contribution in [-0.2, 0) is 24.5 Å². The number of nitrogens with zero attached hydrogens (tertiary/aromatic N) is 6. The number of rotatable bonds is 7. The summed E-state index contributed by atoms with van der Waals surface area (Å²) >= 11 is 5.47. The van der Waals surface area contributed by atoms with Gasteiger partial charge < -0.3 is 13.8 Å². The van der Waals surface area contributed by atoms with E-state index in [0.29, 0.717) is 6.61 Å². The average Bonchev–Trinajstić information content (AvgIpc) is 3.14. The molecular weight excluding hydrogens is 328 g/mol. The van der Waals surface area contributed by atoms with E-state index in [1.165, 1.54) is 0 Å². The van der Waals surface area contributed by atoms with Gasteiger partial charge in [0.15, 0.2) is 10.5 Å². The molecule has 0 aromatic carbocycles. The lowest BCUT2D eigenvalue weighted by Crippen LogP contribution is -2.46. The second-order valence-corrected chi connectivity index (χ2v) is 6.43. The fourth-order valence-electron chi connectivity index (χ4n) is 2.80. The van der Waals surface area contributed by atoms with Gasteiger partial charge in [0.1, 0.15) is 6.33 Å². The Kier molecular flexibility index (Phi) is 5.77. The van der Waals surface area contributed by atoms with E-state index in [1.807, 2.05) is 22.2 Å². The van der Waals surface area contributed by atoms with Crippen LogP contribution in [-0.4, -0.2) is 69.2 Å². The minimum Gasteiger partial charge on any atom is -0.383 e. The van der Waals surface area contributed by atoms with Gasteiger partial charge in [0.25, 0.3) is 0 Å². The summed E-state index contributed by atoms with van der Waals surface area (Å²) in [4.78, 5) is 4.75.